The minimum atomic E-state index is -2.57. The SMILES string of the molecule is O=C(O)/C=C/CCN1CCCC(F)(F)C1. The molecule has 1 saturated heterocycles. The van der Waals surface area contributed by atoms with Crippen LogP contribution in [0.1, 0.15) is 19.3 Å². The molecule has 0 radical (unpaired) electrons. The zero-order chi connectivity index (χ0) is 11.3. The van der Waals surface area contributed by atoms with Crippen LogP contribution in [0.25, 0.3) is 0 Å². The van der Waals surface area contributed by atoms with Gasteiger partial charge in [0, 0.05) is 19.0 Å². The Kier molecular flexibility index (Phi) is 4.20. The fourth-order valence-corrected chi connectivity index (χ4v) is 1.68. The van der Waals surface area contributed by atoms with Gasteiger partial charge < -0.3 is 5.11 Å². The van der Waals surface area contributed by atoms with Crippen LogP contribution in [0.5, 0.6) is 0 Å². The monoisotopic (exact) mass is 219 g/mol. The van der Waals surface area contributed by atoms with Crippen molar-refractivity contribution in [1.29, 1.82) is 0 Å². The van der Waals surface area contributed by atoms with Gasteiger partial charge in [0.1, 0.15) is 0 Å². The van der Waals surface area contributed by atoms with E-state index in [9.17, 15) is 13.6 Å². The van der Waals surface area contributed by atoms with Crippen molar-refractivity contribution in [2.24, 2.45) is 0 Å². The molecule has 86 valence electrons. The molecule has 1 aliphatic heterocycles. The van der Waals surface area contributed by atoms with Crippen molar-refractivity contribution in [2.45, 2.75) is 25.2 Å². The van der Waals surface area contributed by atoms with Crippen molar-refractivity contribution in [3.63, 3.8) is 0 Å². The number of nitrogens with zero attached hydrogens (tertiary/aromatic N) is 1. The predicted octanol–water partition coefficient (Wildman–Crippen LogP) is 1.75. The van der Waals surface area contributed by atoms with Crippen LogP contribution in [0.4, 0.5) is 8.78 Å². The van der Waals surface area contributed by atoms with Gasteiger partial charge in [0.25, 0.3) is 5.92 Å². The van der Waals surface area contributed by atoms with Crippen LogP contribution in [-0.2, 0) is 4.79 Å². The number of alkyl halides is 2. The number of hydrogen-bond acceptors (Lipinski definition) is 2. The molecule has 3 nitrogen and oxygen atoms in total. The van der Waals surface area contributed by atoms with E-state index in [4.69, 9.17) is 5.11 Å². The first-order valence-electron chi connectivity index (χ1n) is 4.99. The second-order valence-corrected chi connectivity index (χ2v) is 3.76. The molecule has 0 aromatic heterocycles. The maximum absolute atomic E-state index is 12.9. The highest BCUT2D eigenvalue weighted by atomic mass is 19.3. The van der Waals surface area contributed by atoms with Crippen LogP contribution < -0.4 is 0 Å². The fourth-order valence-electron chi connectivity index (χ4n) is 1.68. The molecule has 0 unspecified atom stereocenters. The molecule has 1 heterocycles. The summed E-state index contributed by atoms with van der Waals surface area (Å²) in [7, 11) is 0. The molecule has 0 amide bonds. The molecular formula is C10H15F2NO2. The second-order valence-electron chi connectivity index (χ2n) is 3.76. The molecule has 1 N–H and O–H groups in total. The van der Waals surface area contributed by atoms with Crippen molar-refractivity contribution in [3.8, 4) is 0 Å². The number of halogens is 2. The van der Waals surface area contributed by atoms with Crippen molar-refractivity contribution >= 4 is 5.97 Å². The number of piperidine rings is 1. The summed E-state index contributed by atoms with van der Waals surface area (Å²) in [6, 6.07) is 0. The van der Waals surface area contributed by atoms with Gasteiger partial charge in [0.15, 0.2) is 0 Å². The Balaban J connectivity index is 2.24. The number of carbonyl (C=O) groups is 1. The van der Waals surface area contributed by atoms with Gasteiger partial charge in [-0.05, 0) is 19.4 Å². The summed E-state index contributed by atoms with van der Waals surface area (Å²) in [5.41, 5.74) is 0. The van der Waals surface area contributed by atoms with Crippen molar-refractivity contribution in [3.05, 3.63) is 12.2 Å². The maximum atomic E-state index is 12.9. The van der Waals surface area contributed by atoms with Gasteiger partial charge in [0.2, 0.25) is 0 Å². The van der Waals surface area contributed by atoms with Crippen LogP contribution in [0.3, 0.4) is 0 Å². The topological polar surface area (TPSA) is 40.5 Å². The minimum absolute atomic E-state index is 0.0333. The lowest BCUT2D eigenvalue weighted by Gasteiger charge is -2.32. The molecule has 1 fully saturated rings. The van der Waals surface area contributed by atoms with Crippen LogP contribution in [-0.4, -0.2) is 41.5 Å². The zero-order valence-electron chi connectivity index (χ0n) is 8.46. The first-order valence-corrected chi connectivity index (χ1v) is 4.99. The summed E-state index contributed by atoms with van der Waals surface area (Å²) in [5.74, 6) is -3.58. The highest BCUT2D eigenvalue weighted by Crippen LogP contribution is 2.26. The molecule has 5 heteroatoms. The summed E-state index contributed by atoms with van der Waals surface area (Å²) < 4.78 is 25.9. The Labute approximate surface area is 87.4 Å². The van der Waals surface area contributed by atoms with E-state index in [1.807, 2.05) is 0 Å². The number of aliphatic carboxylic acids is 1. The molecule has 0 saturated carbocycles. The van der Waals surface area contributed by atoms with Crippen molar-refractivity contribution in [1.82, 2.24) is 4.90 Å². The average molecular weight is 219 g/mol. The summed E-state index contributed by atoms with van der Waals surface area (Å²) in [5, 5.41) is 8.31. The minimum Gasteiger partial charge on any atom is -0.478 e. The first-order chi connectivity index (χ1) is 6.99. The first kappa shape index (κ1) is 12.1. The van der Waals surface area contributed by atoms with Gasteiger partial charge in [-0.25, -0.2) is 13.6 Å². The lowest BCUT2D eigenvalue weighted by Crippen LogP contribution is -2.42. The second kappa shape index (κ2) is 5.21. The van der Waals surface area contributed by atoms with Gasteiger partial charge in [-0.1, -0.05) is 6.08 Å². The van der Waals surface area contributed by atoms with E-state index < -0.39 is 11.9 Å². The lowest BCUT2D eigenvalue weighted by molar-refractivity contribution is -0.131. The van der Waals surface area contributed by atoms with Crippen LogP contribution in [0.2, 0.25) is 0 Å². The number of rotatable bonds is 4. The smallest absolute Gasteiger partial charge is 0.327 e. The standard InChI is InChI=1S/C10H15F2NO2/c11-10(12)5-3-7-13(8-10)6-2-1-4-9(14)15/h1,4H,2-3,5-8H2,(H,14,15)/b4-1+. The number of hydrogen-bond donors (Lipinski definition) is 1. The third-order valence-corrected chi connectivity index (χ3v) is 2.34. The highest BCUT2D eigenvalue weighted by Gasteiger charge is 2.34. The third-order valence-electron chi connectivity index (χ3n) is 2.34. The third kappa shape index (κ3) is 4.88. The van der Waals surface area contributed by atoms with E-state index >= 15 is 0 Å². The lowest BCUT2D eigenvalue weighted by atomic mass is 10.1. The molecule has 0 atom stereocenters. The molecule has 0 bridgehead atoms. The molecule has 0 aromatic carbocycles. The fraction of sp³-hybridized carbons (Fsp3) is 0.700. The van der Waals surface area contributed by atoms with E-state index in [2.05, 4.69) is 0 Å². The summed E-state index contributed by atoms with van der Waals surface area (Å²) in [6.45, 7) is 0.976. The maximum Gasteiger partial charge on any atom is 0.327 e. The van der Waals surface area contributed by atoms with Crippen molar-refractivity contribution in [2.75, 3.05) is 19.6 Å². The Hall–Kier alpha value is -0.970. The average Bonchev–Trinajstić information content (AvgIpc) is 2.10. The van der Waals surface area contributed by atoms with Crippen LogP contribution in [0.15, 0.2) is 12.2 Å². The quantitative estimate of drug-likeness (QED) is 0.732. The van der Waals surface area contributed by atoms with Crippen LogP contribution in [0, 0.1) is 0 Å². The van der Waals surface area contributed by atoms with Gasteiger partial charge in [-0.15, -0.1) is 0 Å². The summed E-state index contributed by atoms with van der Waals surface area (Å²) in [6.07, 6.45) is 3.52. The van der Waals surface area contributed by atoms with Gasteiger partial charge in [-0.3, -0.25) is 4.90 Å². The molecule has 15 heavy (non-hydrogen) atoms. The van der Waals surface area contributed by atoms with E-state index in [1.165, 1.54) is 6.08 Å². The molecule has 0 aromatic rings. The normalized spacial score (nSPS) is 22.0. The van der Waals surface area contributed by atoms with E-state index in [0.717, 1.165) is 6.08 Å². The van der Waals surface area contributed by atoms with Gasteiger partial charge in [-0.2, -0.15) is 0 Å². The van der Waals surface area contributed by atoms with E-state index in [1.54, 1.807) is 4.90 Å². The Morgan fingerprint density at radius 1 is 1.53 bits per heavy atom. The molecule has 1 aliphatic rings. The summed E-state index contributed by atoms with van der Waals surface area (Å²) >= 11 is 0. The molecule has 0 aliphatic carbocycles. The predicted molar refractivity (Wildman–Crippen MR) is 52.0 cm³/mol. The van der Waals surface area contributed by atoms with Crippen molar-refractivity contribution < 1.29 is 18.7 Å². The Morgan fingerprint density at radius 2 is 2.27 bits per heavy atom. The molecule has 0 spiro atoms. The highest BCUT2D eigenvalue weighted by molar-refractivity contribution is 5.79. The number of carboxylic acid groups (broad SMARTS) is 1. The Morgan fingerprint density at radius 3 is 2.87 bits per heavy atom. The summed E-state index contributed by atoms with van der Waals surface area (Å²) in [4.78, 5) is 11.8. The molecule has 1 rings (SSSR count). The molecular weight excluding hydrogens is 204 g/mol. The Bertz CT molecular complexity index is 254. The zero-order valence-corrected chi connectivity index (χ0v) is 8.46. The number of carboxylic acids is 1. The van der Waals surface area contributed by atoms with E-state index in [0.29, 0.717) is 25.9 Å². The van der Waals surface area contributed by atoms with E-state index in [-0.39, 0.29) is 13.0 Å². The number of likely N-dealkylation sites (tertiary alicyclic amines) is 1. The largest absolute Gasteiger partial charge is 0.478 e. The van der Waals surface area contributed by atoms with Crippen LogP contribution >= 0.6 is 0 Å². The van der Waals surface area contributed by atoms with Gasteiger partial charge >= 0.3 is 5.97 Å². The van der Waals surface area contributed by atoms with Gasteiger partial charge in [0.05, 0.1) is 6.54 Å².